The predicted octanol–water partition coefficient (Wildman–Crippen LogP) is -11.5. The summed E-state index contributed by atoms with van der Waals surface area (Å²) in [6.45, 7) is -3.32. The van der Waals surface area contributed by atoms with Crippen molar-refractivity contribution < 1.29 is 178 Å². The molecule has 16 N–H and O–H groups in total. The molecule has 0 amide bonds. The fourth-order valence-corrected chi connectivity index (χ4v) is 9.64. The van der Waals surface area contributed by atoms with E-state index in [9.17, 15) is 124 Å². The van der Waals surface area contributed by atoms with Crippen LogP contribution < -0.4 is 9.44 Å². The Morgan fingerprint density at radius 2 is 0.803 bits per heavy atom. The number of aliphatic carboxylic acids is 2. The monoisotopic (exact) mass is 1170 g/mol. The smallest absolute Gasteiger partial charge is 0.397 e. The molecule has 0 aromatic carbocycles. The minimum absolute atomic E-state index is 1.21. The van der Waals surface area contributed by atoms with Gasteiger partial charge in [0.05, 0.1) is 13.2 Å². The molecule has 0 aliphatic carbocycles. The molecular weight excluding hydrogens is 1130 g/mol. The first-order valence-corrected chi connectivity index (χ1v) is 26.6. The highest BCUT2D eigenvalue weighted by atomic mass is 32.3. The van der Waals surface area contributed by atoms with E-state index in [1.54, 1.807) is 0 Å². The third-order valence-electron chi connectivity index (χ3n) is 9.59. The summed E-state index contributed by atoms with van der Waals surface area (Å²) in [6, 6.07) is -5.35. The summed E-state index contributed by atoms with van der Waals surface area (Å²) in [5.41, 5.74) is 0. The molecule has 20 atom stereocenters. The minimum atomic E-state index is -6.03. The maximum absolute atomic E-state index is 12.7. The van der Waals surface area contributed by atoms with Gasteiger partial charge in [-0.05, 0) is 0 Å². The van der Waals surface area contributed by atoms with Crippen molar-refractivity contribution in [3.8, 4) is 0 Å². The van der Waals surface area contributed by atoms with E-state index in [-0.39, 0.29) is 0 Å². The van der Waals surface area contributed by atoms with Crippen molar-refractivity contribution in [2.24, 2.45) is 0 Å². The zero-order valence-electron chi connectivity index (χ0n) is 33.9. The van der Waals surface area contributed by atoms with Gasteiger partial charge < -0.3 is 74.0 Å². The molecule has 0 radical (unpaired) electrons. The summed E-state index contributed by atoms with van der Waals surface area (Å²) < 4.78 is 253. The van der Waals surface area contributed by atoms with Gasteiger partial charge in [-0.2, -0.15) is 60.0 Å². The van der Waals surface area contributed by atoms with Crippen molar-refractivity contribution in [1.29, 1.82) is 0 Å². The van der Waals surface area contributed by atoms with E-state index in [4.69, 9.17) is 37.7 Å². The van der Waals surface area contributed by atoms with Crippen molar-refractivity contribution in [1.82, 2.24) is 9.44 Å². The Hall–Kier alpha value is -2.36. The Morgan fingerprint density at radius 3 is 1.21 bits per heavy atom. The molecule has 0 spiro atoms. The number of ether oxygens (including phenoxy) is 7. The van der Waals surface area contributed by atoms with Crippen molar-refractivity contribution in [2.75, 3.05) is 13.2 Å². The molecule has 47 heteroatoms. The molecular formula is C24H40N2O39S6. The molecule has 0 aromatic heterocycles. The molecule has 1 unspecified atom stereocenters. The van der Waals surface area contributed by atoms with E-state index in [1.807, 2.05) is 0 Å². The van der Waals surface area contributed by atoms with Gasteiger partial charge in [0.1, 0.15) is 73.1 Å². The lowest BCUT2D eigenvalue weighted by Gasteiger charge is -2.49. The van der Waals surface area contributed by atoms with E-state index in [2.05, 4.69) is 16.7 Å². The predicted molar refractivity (Wildman–Crippen MR) is 202 cm³/mol. The molecule has 41 nitrogen and oxygen atoms in total. The molecule has 416 valence electrons. The van der Waals surface area contributed by atoms with E-state index in [1.165, 1.54) is 9.44 Å². The average Bonchev–Trinajstić information content (AvgIpc) is 3.17. The summed E-state index contributed by atoms with van der Waals surface area (Å²) >= 11 is 0. The molecule has 0 aromatic rings. The minimum Gasteiger partial charge on any atom is -0.479 e. The summed E-state index contributed by atoms with van der Waals surface area (Å²) in [5, 5.41) is 84.8. The zero-order chi connectivity index (χ0) is 54.3. The molecule has 4 aliphatic rings. The van der Waals surface area contributed by atoms with Gasteiger partial charge in [0.15, 0.2) is 49.6 Å². The standard InChI is InChI=1S/C24H40N2O39S6/c27-7-5(25-66(37,38)39)21(36)57-3(1-55-68(43,44)45)12(7)59-24-17(65-71(52,53)54)11(31)14(18(63-24)20(34)35)61-22-6(26-67(40,41)42)8(28)13(4(58-22)2-56-69(46,47)48)60-23-16(64-70(49,50)51)10(30)9(29)15(62-23)19(32)33/h3-18,21-31,36H,1-2H2,(H,32,33)(H,34,35)(H,37,38,39)(H,40,41,42)(H,43,44,45)(H,46,47,48)(H,49,50,51)(H,52,53,54)/t3-,4-,5-,6-,7-,8-,9+,10+,11+,12-,13-,14+,15+,16-,17-,18+,21?,22+,23-,24-/m1/s1. The second-order valence-corrected chi connectivity index (χ2v) is 21.2. The lowest BCUT2D eigenvalue weighted by atomic mass is 9.94. The Bertz CT molecular complexity index is 2580. The molecule has 4 aliphatic heterocycles. The highest BCUT2D eigenvalue weighted by molar-refractivity contribution is 7.84. The fourth-order valence-electron chi connectivity index (χ4n) is 6.87. The number of aliphatic hydroxyl groups excluding tert-OH is 6. The highest BCUT2D eigenvalue weighted by Gasteiger charge is 2.59. The van der Waals surface area contributed by atoms with Crippen LogP contribution in [-0.4, -0.2) is 267 Å². The molecule has 4 fully saturated rings. The van der Waals surface area contributed by atoms with E-state index >= 15 is 0 Å². The van der Waals surface area contributed by atoms with Crippen LogP contribution in [0.15, 0.2) is 0 Å². The van der Waals surface area contributed by atoms with Gasteiger partial charge in [-0.15, -0.1) is 0 Å². The summed E-state index contributed by atoms with van der Waals surface area (Å²) in [6.07, 6.45) is -50.5. The largest absolute Gasteiger partial charge is 0.479 e. The Labute approximate surface area is 396 Å². The number of carboxylic acid groups (broad SMARTS) is 2. The van der Waals surface area contributed by atoms with Gasteiger partial charge in [-0.25, -0.2) is 26.3 Å². The molecule has 0 saturated carbocycles. The Balaban J connectivity index is 1.81. The highest BCUT2D eigenvalue weighted by Crippen LogP contribution is 2.37. The summed E-state index contributed by atoms with van der Waals surface area (Å²) in [4.78, 5) is 24.5. The van der Waals surface area contributed by atoms with Crippen LogP contribution in [0.4, 0.5) is 0 Å². The van der Waals surface area contributed by atoms with E-state index in [0.717, 1.165) is 0 Å². The maximum Gasteiger partial charge on any atom is 0.397 e. The average molecular weight is 1170 g/mol. The first-order valence-electron chi connectivity index (χ1n) is 18.2. The van der Waals surface area contributed by atoms with Crippen LogP contribution in [0.2, 0.25) is 0 Å². The second-order valence-electron chi connectivity index (χ2n) is 14.5. The topological polar surface area (TPSA) is 648 Å². The molecule has 4 heterocycles. The number of carbonyl (C=O) groups is 2. The van der Waals surface area contributed by atoms with Gasteiger partial charge in [-0.3, -0.25) is 27.3 Å². The third-order valence-corrected chi connectivity index (χ3v) is 12.5. The van der Waals surface area contributed by atoms with Crippen molar-refractivity contribution in [3.63, 3.8) is 0 Å². The number of carboxylic acids is 2. The third kappa shape index (κ3) is 17.3. The SMILES string of the molecule is O=C(O)[C@H]1O[C@@H](O[C@H]2[C@H](O)[C@@H](NS(=O)(=O)O)[C@H](O[C@H]3[C@H](O)[C@@H](OS(=O)(=O)O)[C@H](O[C@H]4[C@H](O)[C@@H](NS(=O)(=O)O)C(O)O[C@@H]4COS(=O)(=O)O)O[C@@H]3C(=O)O)O[C@@H]2COS(=O)(=O)O)[C@H](OS(=O)(=O)O)[C@@H](O)[C@@H]1O. The zero-order valence-corrected chi connectivity index (χ0v) is 38.8. The van der Waals surface area contributed by atoms with Crippen molar-refractivity contribution in [3.05, 3.63) is 0 Å². The van der Waals surface area contributed by atoms with Gasteiger partial charge in [0, 0.05) is 0 Å². The second kappa shape index (κ2) is 22.9. The quantitative estimate of drug-likeness (QED) is 0.0448. The molecule has 4 rings (SSSR count). The van der Waals surface area contributed by atoms with Gasteiger partial charge in [-0.1, -0.05) is 0 Å². The number of hydrogen-bond donors (Lipinski definition) is 16. The molecule has 4 saturated heterocycles. The normalized spacial score (nSPS) is 39.2. The summed E-state index contributed by atoms with van der Waals surface area (Å²) in [7, 11) is -34.2. The first-order chi connectivity index (χ1) is 32.1. The maximum atomic E-state index is 12.7. The van der Waals surface area contributed by atoms with E-state index < -0.39 is 210 Å². The number of hydrogen-bond acceptors (Lipinski definition) is 31. The van der Waals surface area contributed by atoms with Crippen LogP contribution in [0.25, 0.3) is 0 Å². The first kappa shape index (κ1) is 61.2. The van der Waals surface area contributed by atoms with Crippen LogP contribution in [0.5, 0.6) is 0 Å². The van der Waals surface area contributed by atoms with Crippen LogP contribution in [0, 0.1) is 0 Å². The van der Waals surface area contributed by atoms with Crippen molar-refractivity contribution in [2.45, 2.75) is 123 Å². The van der Waals surface area contributed by atoms with Gasteiger partial charge in [0.2, 0.25) is 0 Å². The van der Waals surface area contributed by atoms with Crippen LogP contribution in [-0.2, 0) is 122 Å². The van der Waals surface area contributed by atoms with Gasteiger partial charge in [0.25, 0.3) is 0 Å². The van der Waals surface area contributed by atoms with Crippen LogP contribution >= 0.6 is 0 Å². The van der Waals surface area contributed by atoms with Crippen LogP contribution in [0.3, 0.4) is 0 Å². The van der Waals surface area contributed by atoms with Crippen molar-refractivity contribution >= 4 is 74.1 Å². The number of nitrogens with one attached hydrogen (secondary N) is 2. The Morgan fingerprint density at radius 1 is 0.423 bits per heavy atom. The van der Waals surface area contributed by atoms with E-state index in [0.29, 0.717) is 0 Å². The molecule has 71 heavy (non-hydrogen) atoms. The lowest BCUT2D eigenvalue weighted by molar-refractivity contribution is -0.367. The van der Waals surface area contributed by atoms with Crippen LogP contribution in [0.1, 0.15) is 0 Å². The number of rotatable bonds is 22. The van der Waals surface area contributed by atoms with Gasteiger partial charge >= 0.3 is 74.1 Å². The Kier molecular flexibility index (Phi) is 19.7. The lowest BCUT2D eigenvalue weighted by Crippen LogP contribution is -2.70. The summed E-state index contributed by atoms with van der Waals surface area (Å²) in [5.74, 6) is -4.55. The fraction of sp³-hybridized carbons (Fsp3) is 0.917. The molecule has 0 bridgehead atoms. The number of aliphatic hydroxyl groups is 6.